The Labute approximate surface area is 60.2 Å². The topological polar surface area (TPSA) is 45.0 Å². The lowest BCUT2D eigenvalue weighted by atomic mass is 10.1. The monoisotopic (exact) mass is 140 g/mol. The molecule has 1 aliphatic carbocycles. The molecule has 2 aliphatic heterocycles. The maximum atomic E-state index is 9.35. The number of aliphatic hydroxyl groups is 1. The molecule has 0 spiro atoms. The Hall–Kier alpha value is -0.440. The Bertz CT molecular complexity index is 142. The number of rotatable bonds is 0. The third-order valence-electron chi connectivity index (χ3n) is 2.31. The van der Waals surface area contributed by atoms with Crippen LogP contribution >= 0.6 is 0 Å². The van der Waals surface area contributed by atoms with E-state index in [1.165, 1.54) is 0 Å². The minimum atomic E-state index is -0.146. The van der Waals surface area contributed by atoms with Gasteiger partial charge in [-0.3, -0.25) is 0 Å². The lowest BCUT2D eigenvalue weighted by Crippen LogP contribution is -2.11. The molecule has 2 heterocycles. The number of fused-ring (bicyclic) bond motifs is 3. The summed E-state index contributed by atoms with van der Waals surface area (Å²) in [6, 6.07) is 0.655. The summed E-state index contributed by atoms with van der Waals surface area (Å²) in [6.07, 6.45) is 3.78. The van der Waals surface area contributed by atoms with Crippen LogP contribution in [0.3, 0.4) is 0 Å². The van der Waals surface area contributed by atoms with Crippen LogP contribution < -0.4 is 0 Å². The fourth-order valence-electron chi connectivity index (χ4n) is 1.74. The Morgan fingerprint density at radius 2 is 1.50 bits per heavy atom. The third kappa shape index (κ3) is 1.06. The molecular formula is C7H12N2O. The van der Waals surface area contributed by atoms with Gasteiger partial charge >= 0.3 is 0 Å². The molecule has 3 atom stereocenters. The van der Waals surface area contributed by atoms with Crippen molar-refractivity contribution in [3.05, 3.63) is 0 Å². The molecule has 1 N–H and O–H groups in total. The van der Waals surface area contributed by atoms with E-state index < -0.39 is 0 Å². The van der Waals surface area contributed by atoms with Crippen LogP contribution in [-0.2, 0) is 0 Å². The zero-order valence-corrected chi connectivity index (χ0v) is 5.90. The first-order valence-corrected chi connectivity index (χ1v) is 3.92. The summed E-state index contributed by atoms with van der Waals surface area (Å²) < 4.78 is 0. The smallest absolute Gasteiger partial charge is 0.0733 e. The Kier molecular flexibility index (Phi) is 1.45. The maximum absolute atomic E-state index is 9.35. The highest BCUT2D eigenvalue weighted by Crippen LogP contribution is 2.27. The lowest BCUT2D eigenvalue weighted by molar-refractivity contribution is 0.153. The van der Waals surface area contributed by atoms with Crippen molar-refractivity contribution in [1.29, 1.82) is 0 Å². The van der Waals surface area contributed by atoms with E-state index in [-0.39, 0.29) is 6.10 Å². The van der Waals surface area contributed by atoms with Gasteiger partial charge < -0.3 is 5.11 Å². The van der Waals surface area contributed by atoms with Crippen molar-refractivity contribution in [1.82, 2.24) is 0 Å². The first-order valence-electron chi connectivity index (χ1n) is 3.92. The molecule has 3 aliphatic rings. The van der Waals surface area contributed by atoms with Crippen molar-refractivity contribution in [3.8, 4) is 0 Å². The molecule has 1 unspecified atom stereocenters. The van der Waals surface area contributed by atoms with Gasteiger partial charge in [-0.1, -0.05) is 0 Å². The van der Waals surface area contributed by atoms with E-state index in [2.05, 4.69) is 10.2 Å². The average Bonchev–Trinajstić information content (AvgIpc) is 2.17. The van der Waals surface area contributed by atoms with E-state index in [1.54, 1.807) is 0 Å². The number of azo groups is 1. The average molecular weight is 140 g/mol. The van der Waals surface area contributed by atoms with Crippen LogP contribution in [0.15, 0.2) is 10.2 Å². The highest BCUT2D eigenvalue weighted by molar-refractivity contribution is 4.85. The largest absolute Gasteiger partial charge is 0.393 e. The van der Waals surface area contributed by atoms with Gasteiger partial charge in [0.05, 0.1) is 18.2 Å². The van der Waals surface area contributed by atoms with Crippen molar-refractivity contribution >= 4 is 0 Å². The van der Waals surface area contributed by atoms with Crippen LogP contribution in [0.2, 0.25) is 0 Å². The Morgan fingerprint density at radius 1 is 1.00 bits per heavy atom. The molecule has 10 heavy (non-hydrogen) atoms. The molecule has 0 amide bonds. The predicted octanol–water partition coefficient (Wildman–Crippen LogP) is 1.12. The highest BCUT2D eigenvalue weighted by atomic mass is 16.3. The summed E-state index contributed by atoms with van der Waals surface area (Å²) in [6.45, 7) is 0. The van der Waals surface area contributed by atoms with E-state index >= 15 is 0 Å². The molecule has 1 saturated carbocycles. The summed E-state index contributed by atoms with van der Waals surface area (Å²) >= 11 is 0. The van der Waals surface area contributed by atoms with Crippen molar-refractivity contribution in [2.24, 2.45) is 10.2 Å². The highest BCUT2D eigenvalue weighted by Gasteiger charge is 2.27. The van der Waals surface area contributed by atoms with E-state index in [0.717, 1.165) is 25.7 Å². The van der Waals surface area contributed by atoms with Crippen LogP contribution in [0, 0.1) is 0 Å². The fourth-order valence-corrected chi connectivity index (χ4v) is 1.74. The SMILES string of the molecule is OC1C[C@H]2CC[C@@H](C1)N=N2. The third-order valence-corrected chi connectivity index (χ3v) is 2.31. The second kappa shape index (κ2) is 2.31. The van der Waals surface area contributed by atoms with Gasteiger partial charge in [0.25, 0.3) is 0 Å². The van der Waals surface area contributed by atoms with Gasteiger partial charge in [0.2, 0.25) is 0 Å². The summed E-state index contributed by atoms with van der Waals surface area (Å²) in [5, 5.41) is 17.6. The molecule has 0 aromatic rings. The van der Waals surface area contributed by atoms with Crippen molar-refractivity contribution in [2.45, 2.75) is 43.9 Å². The molecule has 0 aromatic heterocycles. The fraction of sp³-hybridized carbons (Fsp3) is 1.00. The van der Waals surface area contributed by atoms with Gasteiger partial charge in [0.1, 0.15) is 0 Å². The van der Waals surface area contributed by atoms with Crippen LogP contribution in [0.5, 0.6) is 0 Å². The van der Waals surface area contributed by atoms with Gasteiger partial charge in [0.15, 0.2) is 0 Å². The van der Waals surface area contributed by atoms with Crippen LogP contribution in [0.25, 0.3) is 0 Å². The standard InChI is InChI=1S/C7H12N2O/c10-7-3-5-1-2-6(4-7)9-8-5/h5-7,10H,1-4H2/t5-,6+,7?. The predicted molar refractivity (Wildman–Crippen MR) is 36.9 cm³/mol. The second-order valence-electron chi connectivity index (χ2n) is 3.24. The molecular weight excluding hydrogens is 128 g/mol. The number of nitrogens with zero attached hydrogens (tertiary/aromatic N) is 2. The summed E-state index contributed by atoms with van der Waals surface area (Å²) in [7, 11) is 0. The number of hydrogen-bond acceptors (Lipinski definition) is 3. The Balaban J connectivity index is 2.14. The maximum Gasteiger partial charge on any atom is 0.0733 e. The van der Waals surface area contributed by atoms with Gasteiger partial charge in [0, 0.05) is 0 Å². The molecule has 2 bridgehead atoms. The van der Waals surface area contributed by atoms with Crippen molar-refractivity contribution in [3.63, 3.8) is 0 Å². The quantitative estimate of drug-likeness (QED) is 0.538. The first kappa shape index (κ1) is 6.28. The zero-order chi connectivity index (χ0) is 6.97. The van der Waals surface area contributed by atoms with Gasteiger partial charge in [-0.2, -0.15) is 10.2 Å². The molecule has 3 rings (SSSR count). The van der Waals surface area contributed by atoms with Crippen LogP contribution in [-0.4, -0.2) is 23.3 Å². The minimum absolute atomic E-state index is 0.146. The molecule has 0 saturated heterocycles. The number of aliphatic hydroxyl groups excluding tert-OH is 1. The zero-order valence-electron chi connectivity index (χ0n) is 5.90. The summed E-state index contributed by atoms with van der Waals surface area (Å²) in [5.74, 6) is 0. The van der Waals surface area contributed by atoms with E-state index in [1.807, 2.05) is 0 Å². The van der Waals surface area contributed by atoms with Gasteiger partial charge in [-0.25, -0.2) is 0 Å². The normalized spacial score (nSPS) is 45.5. The van der Waals surface area contributed by atoms with Crippen LogP contribution in [0.4, 0.5) is 0 Å². The summed E-state index contributed by atoms with van der Waals surface area (Å²) in [5.41, 5.74) is 0. The molecule has 3 nitrogen and oxygen atoms in total. The second-order valence-corrected chi connectivity index (χ2v) is 3.24. The summed E-state index contributed by atoms with van der Waals surface area (Å²) in [4.78, 5) is 0. The molecule has 56 valence electrons. The van der Waals surface area contributed by atoms with E-state index in [9.17, 15) is 5.11 Å². The lowest BCUT2D eigenvalue weighted by Gasteiger charge is -2.12. The van der Waals surface area contributed by atoms with Crippen molar-refractivity contribution < 1.29 is 5.11 Å². The van der Waals surface area contributed by atoms with Crippen LogP contribution in [0.1, 0.15) is 25.7 Å². The Morgan fingerprint density at radius 3 is 1.90 bits per heavy atom. The molecule has 0 radical (unpaired) electrons. The molecule has 1 fully saturated rings. The minimum Gasteiger partial charge on any atom is -0.393 e. The van der Waals surface area contributed by atoms with E-state index in [0.29, 0.717) is 12.1 Å². The molecule has 3 heteroatoms. The van der Waals surface area contributed by atoms with Gasteiger partial charge in [-0.05, 0) is 25.7 Å². The first-order chi connectivity index (χ1) is 4.84. The van der Waals surface area contributed by atoms with Gasteiger partial charge in [-0.15, -0.1) is 0 Å². The number of hydrogen-bond donors (Lipinski definition) is 1. The van der Waals surface area contributed by atoms with E-state index in [4.69, 9.17) is 0 Å². The molecule has 0 aromatic carbocycles. The van der Waals surface area contributed by atoms with Crippen molar-refractivity contribution in [2.75, 3.05) is 0 Å².